The van der Waals surface area contributed by atoms with Gasteiger partial charge in [-0.15, -0.1) is 11.8 Å². The molecule has 1 fully saturated rings. The quantitative estimate of drug-likeness (QED) is 0.893. The number of benzene rings is 1. The summed E-state index contributed by atoms with van der Waals surface area (Å²) in [6.45, 7) is 4.64. The predicted molar refractivity (Wildman–Crippen MR) is 74.4 cm³/mol. The van der Waals surface area contributed by atoms with Gasteiger partial charge < -0.3 is 10.5 Å². The first-order valence-electron chi connectivity index (χ1n) is 6.29. The summed E-state index contributed by atoms with van der Waals surface area (Å²) in [5.41, 5.74) is 8.57. The van der Waals surface area contributed by atoms with Crippen LogP contribution in [0.1, 0.15) is 29.2 Å². The maximum atomic E-state index is 5.91. The maximum Gasteiger partial charge on any atom is 0.0476 e. The first kappa shape index (κ1) is 12.9. The fraction of sp³-hybridized carbons (Fsp3) is 0.571. The van der Waals surface area contributed by atoms with Gasteiger partial charge >= 0.3 is 0 Å². The molecule has 17 heavy (non-hydrogen) atoms. The molecule has 2 rings (SSSR count). The Hall–Kier alpha value is -0.510. The normalized spacial score (nSPS) is 19.2. The van der Waals surface area contributed by atoms with Gasteiger partial charge in [-0.2, -0.15) is 0 Å². The molecule has 2 N–H and O–H groups in total. The molecule has 3 heteroatoms. The van der Waals surface area contributed by atoms with Crippen LogP contribution < -0.4 is 5.73 Å². The molecule has 1 aliphatic heterocycles. The average molecular weight is 251 g/mol. The van der Waals surface area contributed by atoms with Crippen LogP contribution in [0, 0.1) is 6.92 Å². The monoisotopic (exact) mass is 251 g/mol. The molecule has 0 bridgehead atoms. The second kappa shape index (κ2) is 6.43. The van der Waals surface area contributed by atoms with Crippen LogP contribution in [0.3, 0.4) is 0 Å². The topological polar surface area (TPSA) is 35.2 Å². The third-order valence-corrected chi connectivity index (χ3v) is 4.84. The molecule has 1 saturated heterocycles. The summed E-state index contributed by atoms with van der Waals surface area (Å²) in [6, 6.07) is 8.75. The van der Waals surface area contributed by atoms with Gasteiger partial charge in [-0.25, -0.2) is 0 Å². The molecule has 0 aromatic heterocycles. The molecule has 1 atom stereocenters. The summed E-state index contributed by atoms with van der Waals surface area (Å²) in [6.07, 6.45) is 2.32. The van der Waals surface area contributed by atoms with E-state index in [0.29, 0.717) is 17.0 Å². The highest BCUT2D eigenvalue weighted by atomic mass is 32.2. The summed E-state index contributed by atoms with van der Waals surface area (Å²) in [4.78, 5) is 0. The van der Waals surface area contributed by atoms with Crippen LogP contribution in [0.2, 0.25) is 0 Å². The van der Waals surface area contributed by atoms with Gasteiger partial charge in [-0.05, 0) is 25.3 Å². The van der Waals surface area contributed by atoms with Crippen molar-refractivity contribution in [1.82, 2.24) is 0 Å². The summed E-state index contributed by atoms with van der Waals surface area (Å²) < 4.78 is 5.39. The summed E-state index contributed by atoms with van der Waals surface area (Å²) in [5, 5.41) is 1.14. The number of rotatable bonds is 4. The lowest BCUT2D eigenvalue weighted by Gasteiger charge is -2.26. The van der Waals surface area contributed by atoms with Crippen LogP contribution in [0.5, 0.6) is 0 Å². The van der Waals surface area contributed by atoms with Crippen LogP contribution in [-0.2, 0) is 4.74 Å². The molecule has 94 valence electrons. The highest BCUT2D eigenvalue weighted by molar-refractivity contribution is 8.00. The van der Waals surface area contributed by atoms with E-state index < -0.39 is 0 Å². The third kappa shape index (κ3) is 3.73. The Morgan fingerprint density at radius 2 is 1.94 bits per heavy atom. The van der Waals surface area contributed by atoms with Crippen molar-refractivity contribution in [3.05, 3.63) is 35.4 Å². The van der Waals surface area contributed by atoms with Gasteiger partial charge in [0.05, 0.1) is 0 Å². The van der Waals surface area contributed by atoms with Crippen LogP contribution in [-0.4, -0.2) is 25.0 Å². The Kier molecular flexibility index (Phi) is 4.89. The van der Waals surface area contributed by atoms with E-state index in [-0.39, 0.29) is 0 Å². The molecule has 0 aliphatic carbocycles. The first-order valence-corrected chi connectivity index (χ1v) is 7.23. The van der Waals surface area contributed by atoms with Gasteiger partial charge in [-0.1, -0.05) is 29.8 Å². The van der Waals surface area contributed by atoms with Crippen molar-refractivity contribution in [3.63, 3.8) is 0 Å². The van der Waals surface area contributed by atoms with E-state index in [4.69, 9.17) is 10.5 Å². The summed E-state index contributed by atoms with van der Waals surface area (Å²) >= 11 is 2.02. The lowest BCUT2D eigenvalue weighted by Crippen LogP contribution is -2.21. The van der Waals surface area contributed by atoms with E-state index >= 15 is 0 Å². The van der Waals surface area contributed by atoms with E-state index in [0.717, 1.165) is 26.1 Å². The number of hydrogen-bond acceptors (Lipinski definition) is 3. The Morgan fingerprint density at radius 3 is 2.53 bits per heavy atom. The standard InChI is InChI=1S/C14H21NOS/c1-11-2-4-12(5-3-11)14(10-15)17-13-6-8-16-9-7-13/h2-5,13-14H,6-10,15H2,1H3. The lowest BCUT2D eigenvalue weighted by molar-refractivity contribution is 0.0999. The average Bonchev–Trinajstić information content (AvgIpc) is 2.38. The zero-order valence-electron chi connectivity index (χ0n) is 10.4. The first-order chi connectivity index (χ1) is 8.29. The molecular weight excluding hydrogens is 230 g/mol. The molecule has 1 aromatic carbocycles. The Balaban J connectivity index is 1.97. The number of nitrogens with two attached hydrogens (primary N) is 1. The summed E-state index contributed by atoms with van der Waals surface area (Å²) in [7, 11) is 0. The molecule has 1 heterocycles. The van der Waals surface area contributed by atoms with Crippen LogP contribution >= 0.6 is 11.8 Å². The van der Waals surface area contributed by atoms with E-state index in [1.807, 2.05) is 11.8 Å². The number of ether oxygens (including phenoxy) is 1. The Labute approximate surface area is 108 Å². The van der Waals surface area contributed by atoms with Gasteiger partial charge in [0.2, 0.25) is 0 Å². The molecule has 1 aliphatic rings. The second-order valence-electron chi connectivity index (χ2n) is 4.58. The molecular formula is C14H21NOS. The van der Waals surface area contributed by atoms with Crippen LogP contribution in [0.4, 0.5) is 0 Å². The fourth-order valence-corrected chi connectivity index (χ4v) is 3.45. The van der Waals surface area contributed by atoms with E-state index in [9.17, 15) is 0 Å². The number of aryl methyl sites for hydroxylation is 1. The highest BCUT2D eigenvalue weighted by Gasteiger charge is 2.20. The van der Waals surface area contributed by atoms with Crippen molar-refractivity contribution in [2.45, 2.75) is 30.3 Å². The van der Waals surface area contributed by atoms with E-state index in [2.05, 4.69) is 31.2 Å². The summed E-state index contributed by atoms with van der Waals surface area (Å²) in [5.74, 6) is 0. The smallest absolute Gasteiger partial charge is 0.0476 e. The lowest BCUT2D eigenvalue weighted by atomic mass is 10.1. The maximum absolute atomic E-state index is 5.91. The van der Waals surface area contributed by atoms with Crippen molar-refractivity contribution in [2.75, 3.05) is 19.8 Å². The van der Waals surface area contributed by atoms with E-state index in [1.54, 1.807) is 0 Å². The third-order valence-electron chi connectivity index (χ3n) is 3.19. The van der Waals surface area contributed by atoms with Crippen molar-refractivity contribution in [2.24, 2.45) is 5.73 Å². The minimum atomic E-state index is 0.429. The Bertz CT molecular complexity index is 333. The van der Waals surface area contributed by atoms with Crippen molar-refractivity contribution in [3.8, 4) is 0 Å². The molecule has 1 unspecified atom stereocenters. The minimum Gasteiger partial charge on any atom is -0.381 e. The van der Waals surface area contributed by atoms with Gasteiger partial charge in [-0.3, -0.25) is 0 Å². The highest BCUT2D eigenvalue weighted by Crippen LogP contribution is 2.35. The fourth-order valence-electron chi connectivity index (χ4n) is 2.10. The zero-order valence-corrected chi connectivity index (χ0v) is 11.2. The number of thioether (sulfide) groups is 1. The molecule has 0 amide bonds. The molecule has 2 nitrogen and oxygen atoms in total. The number of hydrogen-bond donors (Lipinski definition) is 1. The predicted octanol–water partition coefficient (Wildman–Crippen LogP) is 2.91. The van der Waals surface area contributed by atoms with Gasteiger partial charge in [0, 0.05) is 30.3 Å². The molecule has 0 spiro atoms. The van der Waals surface area contributed by atoms with Crippen molar-refractivity contribution < 1.29 is 4.74 Å². The largest absolute Gasteiger partial charge is 0.381 e. The zero-order chi connectivity index (χ0) is 12.1. The minimum absolute atomic E-state index is 0.429. The SMILES string of the molecule is Cc1ccc(C(CN)SC2CCOCC2)cc1. The Morgan fingerprint density at radius 1 is 1.29 bits per heavy atom. The molecule has 0 radical (unpaired) electrons. The van der Waals surface area contributed by atoms with Crippen molar-refractivity contribution >= 4 is 11.8 Å². The molecule has 1 aromatic rings. The van der Waals surface area contributed by atoms with Crippen LogP contribution in [0.15, 0.2) is 24.3 Å². The molecule has 0 saturated carbocycles. The van der Waals surface area contributed by atoms with Crippen LogP contribution in [0.25, 0.3) is 0 Å². The van der Waals surface area contributed by atoms with E-state index in [1.165, 1.54) is 11.1 Å². The van der Waals surface area contributed by atoms with Crippen molar-refractivity contribution in [1.29, 1.82) is 0 Å². The second-order valence-corrected chi connectivity index (χ2v) is 6.09. The van der Waals surface area contributed by atoms with Gasteiger partial charge in [0.25, 0.3) is 0 Å². The van der Waals surface area contributed by atoms with Gasteiger partial charge in [0.1, 0.15) is 0 Å². The van der Waals surface area contributed by atoms with Gasteiger partial charge in [0.15, 0.2) is 0 Å².